The fraction of sp³-hybridized carbons (Fsp3) is 0.368. The van der Waals surface area contributed by atoms with E-state index in [-0.39, 0.29) is 39.5 Å². The molecule has 2 atom stereocenters. The summed E-state index contributed by atoms with van der Waals surface area (Å²) in [4.78, 5) is 59.9. The number of hydrogen-bond acceptors (Lipinski definition) is 14. The molecule has 2 aliphatic heterocycles. The highest BCUT2D eigenvalue weighted by molar-refractivity contribution is 8.18. The molecule has 0 aliphatic carbocycles. The number of β-lactam (4-membered cyclic amide) rings is 1. The summed E-state index contributed by atoms with van der Waals surface area (Å²) in [5, 5.41) is 37.0. The Morgan fingerprint density at radius 1 is 1.37 bits per heavy atom. The van der Waals surface area contributed by atoms with E-state index in [9.17, 15) is 29.4 Å². The number of carboxylic acids is 2. The van der Waals surface area contributed by atoms with Crippen LogP contribution in [0, 0.1) is 0 Å². The third kappa shape index (κ3) is 5.89. The number of nitrogens with two attached hydrogens (primary N) is 1. The molecule has 4 heterocycles. The molecule has 2 amide bonds. The largest absolute Gasteiger partial charge is 0.478 e. The number of thiazole rings is 1. The first kappa shape index (κ1) is 27.7. The van der Waals surface area contributed by atoms with Gasteiger partial charge in [-0.1, -0.05) is 22.1 Å². The number of fused-ring (bicyclic) bond motifs is 1. The van der Waals surface area contributed by atoms with Crippen LogP contribution in [0.3, 0.4) is 0 Å². The van der Waals surface area contributed by atoms with E-state index >= 15 is 0 Å². The van der Waals surface area contributed by atoms with Gasteiger partial charge >= 0.3 is 11.9 Å². The van der Waals surface area contributed by atoms with Crippen LogP contribution >= 0.6 is 46.6 Å². The van der Waals surface area contributed by atoms with Gasteiger partial charge in [-0.15, -0.1) is 40.0 Å². The number of nitrogens with zero attached hydrogens (tertiary/aromatic N) is 5. The zero-order valence-electron chi connectivity index (χ0n) is 19.6. The van der Waals surface area contributed by atoms with E-state index < -0.39 is 34.2 Å². The van der Waals surface area contributed by atoms with Crippen LogP contribution in [0.15, 0.2) is 32.4 Å². The highest BCUT2D eigenvalue weighted by Crippen LogP contribution is 2.47. The standard InChI is InChI=1S/C19H20N8O7S4/c1-19(2,17(32)33)34-25-11(7-5-35-18(20)22-7)14(29)23-15-13(37-6-36-8-4-21-26-24-8)12(16(30)31)27-9(28)3-10(27)38-15/h4-5,10,15H,3,6H2,1-2H3,(H2,20,22)(H,23,29)(H,30,31)(H,32,33)(H,21,24,26)/b25-11-/t10-,15?/m1/s1. The number of carbonyl (C=O) groups is 4. The van der Waals surface area contributed by atoms with Gasteiger partial charge in [0, 0.05) is 10.3 Å². The number of amides is 2. The normalized spacial score (nSPS) is 19.6. The Morgan fingerprint density at radius 2 is 2.13 bits per heavy atom. The van der Waals surface area contributed by atoms with Crippen molar-refractivity contribution in [3.05, 3.63) is 27.9 Å². The number of nitrogen functional groups attached to an aromatic ring is 1. The van der Waals surface area contributed by atoms with E-state index in [1.165, 1.54) is 47.7 Å². The second-order valence-corrected chi connectivity index (χ2v) is 12.6. The first-order valence-electron chi connectivity index (χ1n) is 10.6. The molecule has 0 spiro atoms. The quantitative estimate of drug-likeness (QED) is 0.0796. The molecule has 0 radical (unpaired) electrons. The molecule has 202 valence electrons. The minimum atomic E-state index is -1.75. The number of aromatic amines is 1. The number of nitrogens with one attached hydrogen (secondary N) is 2. The maximum absolute atomic E-state index is 13.4. The SMILES string of the molecule is CC(C)(O/N=C(\C(=O)NC1S[C@@H]2CC(=O)N2C(C(=O)O)=C1SCSc1c[nH]nn1)c1csc(N)n1)C(=O)O. The van der Waals surface area contributed by atoms with Crippen LogP contribution in [0.4, 0.5) is 5.13 Å². The molecule has 2 aliphatic rings. The van der Waals surface area contributed by atoms with Gasteiger partial charge in [0.1, 0.15) is 21.8 Å². The van der Waals surface area contributed by atoms with Crippen molar-refractivity contribution >= 4 is 81.2 Å². The Morgan fingerprint density at radius 3 is 2.71 bits per heavy atom. The average molecular weight is 601 g/mol. The van der Waals surface area contributed by atoms with Gasteiger partial charge in [0.05, 0.1) is 23.1 Å². The van der Waals surface area contributed by atoms with Gasteiger partial charge in [0.25, 0.3) is 5.91 Å². The zero-order chi connectivity index (χ0) is 27.6. The molecule has 2 aromatic heterocycles. The third-order valence-electron chi connectivity index (χ3n) is 5.05. The van der Waals surface area contributed by atoms with Crippen LogP contribution in [0.2, 0.25) is 0 Å². The van der Waals surface area contributed by atoms with Gasteiger partial charge in [-0.3, -0.25) is 19.6 Å². The second kappa shape index (κ2) is 11.2. The molecule has 1 saturated heterocycles. The van der Waals surface area contributed by atoms with Crippen LogP contribution in [0.5, 0.6) is 0 Å². The Kier molecular flexibility index (Phi) is 8.19. The number of aliphatic carboxylic acids is 2. The molecule has 2 aromatic rings. The van der Waals surface area contributed by atoms with Crippen molar-refractivity contribution in [2.24, 2.45) is 5.16 Å². The Labute approximate surface area is 231 Å². The molecular formula is C19H20N8O7S4. The van der Waals surface area contributed by atoms with Crippen molar-refractivity contribution in [3.8, 4) is 0 Å². The van der Waals surface area contributed by atoms with Gasteiger partial charge in [0.2, 0.25) is 11.5 Å². The van der Waals surface area contributed by atoms with Gasteiger partial charge in [-0.05, 0) is 13.8 Å². The van der Waals surface area contributed by atoms with Crippen LogP contribution in [0.25, 0.3) is 0 Å². The van der Waals surface area contributed by atoms with Gasteiger partial charge in [0.15, 0.2) is 10.8 Å². The molecular weight excluding hydrogens is 581 g/mol. The van der Waals surface area contributed by atoms with Crippen molar-refractivity contribution in [2.45, 2.75) is 41.6 Å². The van der Waals surface area contributed by atoms with Crippen molar-refractivity contribution in [1.82, 2.24) is 30.6 Å². The van der Waals surface area contributed by atoms with Crippen molar-refractivity contribution < 1.29 is 34.2 Å². The lowest BCUT2D eigenvalue weighted by Gasteiger charge is -2.46. The van der Waals surface area contributed by atoms with Crippen LogP contribution in [0.1, 0.15) is 26.0 Å². The first-order valence-corrected chi connectivity index (χ1v) is 14.4. The predicted molar refractivity (Wildman–Crippen MR) is 140 cm³/mol. The molecule has 15 nitrogen and oxygen atoms in total. The number of thioether (sulfide) groups is 3. The number of hydrogen-bond donors (Lipinski definition) is 5. The third-order valence-corrected chi connectivity index (χ3v) is 9.37. The molecule has 6 N–H and O–H groups in total. The van der Waals surface area contributed by atoms with Crippen molar-refractivity contribution in [2.75, 3.05) is 10.8 Å². The Balaban J connectivity index is 1.63. The Bertz CT molecular complexity index is 1330. The molecule has 4 rings (SSSR count). The first-order chi connectivity index (χ1) is 18.0. The van der Waals surface area contributed by atoms with E-state index in [1.807, 2.05) is 0 Å². The predicted octanol–water partition coefficient (Wildman–Crippen LogP) is 0.954. The molecule has 19 heteroatoms. The van der Waals surface area contributed by atoms with Crippen LogP contribution in [-0.4, -0.2) is 86.4 Å². The van der Waals surface area contributed by atoms with Crippen LogP contribution in [-0.2, 0) is 24.0 Å². The van der Waals surface area contributed by atoms with E-state index in [0.29, 0.717) is 10.1 Å². The van der Waals surface area contributed by atoms with E-state index in [2.05, 4.69) is 30.9 Å². The van der Waals surface area contributed by atoms with E-state index in [1.54, 1.807) is 6.20 Å². The minimum absolute atomic E-state index is 0.0469. The lowest BCUT2D eigenvalue weighted by molar-refractivity contribution is -0.161. The Hall–Kier alpha value is -3.29. The number of oxime groups is 1. The summed E-state index contributed by atoms with van der Waals surface area (Å²) in [6, 6.07) is 0. The lowest BCUT2D eigenvalue weighted by Crippen LogP contribution is -2.57. The summed E-state index contributed by atoms with van der Waals surface area (Å²) in [7, 11) is 0. The van der Waals surface area contributed by atoms with E-state index in [0.717, 1.165) is 23.1 Å². The maximum atomic E-state index is 13.4. The topological polar surface area (TPSA) is 226 Å². The van der Waals surface area contributed by atoms with Gasteiger partial charge in [-0.2, -0.15) is 0 Å². The molecule has 38 heavy (non-hydrogen) atoms. The molecule has 0 saturated carbocycles. The summed E-state index contributed by atoms with van der Waals surface area (Å²) in [6.07, 6.45) is 1.68. The monoisotopic (exact) mass is 600 g/mol. The number of carboxylic acid groups (broad SMARTS) is 2. The molecule has 0 aromatic carbocycles. The maximum Gasteiger partial charge on any atom is 0.353 e. The number of carbonyl (C=O) groups excluding carboxylic acids is 2. The fourth-order valence-corrected chi connectivity index (χ4v) is 7.30. The highest BCUT2D eigenvalue weighted by atomic mass is 32.2. The summed E-state index contributed by atoms with van der Waals surface area (Å²) >= 11 is 4.63. The van der Waals surface area contributed by atoms with Crippen molar-refractivity contribution in [3.63, 3.8) is 0 Å². The summed E-state index contributed by atoms with van der Waals surface area (Å²) in [5.41, 5.74) is 3.43. The molecule has 1 fully saturated rings. The summed E-state index contributed by atoms with van der Waals surface area (Å²) in [5.74, 6) is -3.77. The van der Waals surface area contributed by atoms with Crippen molar-refractivity contribution in [1.29, 1.82) is 0 Å². The number of rotatable bonds is 11. The highest BCUT2D eigenvalue weighted by Gasteiger charge is 2.49. The number of H-pyrrole nitrogens is 1. The van der Waals surface area contributed by atoms with Gasteiger partial charge < -0.3 is 26.1 Å². The fourth-order valence-electron chi connectivity index (χ4n) is 3.08. The zero-order valence-corrected chi connectivity index (χ0v) is 22.9. The van der Waals surface area contributed by atoms with Gasteiger partial charge in [-0.25, -0.2) is 14.6 Å². The molecule has 0 bridgehead atoms. The average Bonchev–Trinajstić information content (AvgIpc) is 3.51. The number of aromatic nitrogens is 4. The second-order valence-electron chi connectivity index (χ2n) is 8.07. The van der Waals surface area contributed by atoms with Crippen LogP contribution < -0.4 is 11.1 Å². The smallest absolute Gasteiger partial charge is 0.353 e. The van der Waals surface area contributed by atoms with E-state index in [4.69, 9.17) is 10.6 Å². The minimum Gasteiger partial charge on any atom is -0.478 e. The lowest BCUT2D eigenvalue weighted by atomic mass is 10.1. The molecule has 1 unspecified atom stereocenters. The number of anilines is 1. The summed E-state index contributed by atoms with van der Waals surface area (Å²) in [6.45, 7) is 2.51. The summed E-state index contributed by atoms with van der Waals surface area (Å²) < 4.78 is 0.